The van der Waals surface area contributed by atoms with E-state index in [0.717, 1.165) is 22.4 Å². The van der Waals surface area contributed by atoms with E-state index in [1.165, 1.54) is 21.8 Å². The molecule has 1 amide bonds. The number of aryl methyl sites for hydroxylation is 1. The lowest BCUT2D eigenvalue weighted by Crippen LogP contribution is -2.11. The first-order chi connectivity index (χ1) is 11.6. The van der Waals surface area contributed by atoms with E-state index in [-0.39, 0.29) is 5.91 Å². The SMILES string of the molecule is Cc1ccc(SCCCC(=O)Nc2nc3ccc(Cl)cc3s2)cc1. The minimum Gasteiger partial charge on any atom is -0.302 e. The summed E-state index contributed by atoms with van der Waals surface area (Å²) >= 11 is 9.19. The van der Waals surface area contributed by atoms with E-state index >= 15 is 0 Å². The Morgan fingerprint density at radius 3 is 2.83 bits per heavy atom. The molecular weight excluding hydrogens is 360 g/mol. The van der Waals surface area contributed by atoms with Crippen molar-refractivity contribution < 1.29 is 4.79 Å². The molecule has 24 heavy (non-hydrogen) atoms. The molecular formula is C18H17ClN2OS2. The maximum absolute atomic E-state index is 12.0. The van der Waals surface area contributed by atoms with Crippen LogP contribution in [0.25, 0.3) is 10.2 Å². The lowest BCUT2D eigenvalue weighted by atomic mass is 10.2. The number of thiazole rings is 1. The van der Waals surface area contributed by atoms with E-state index in [0.29, 0.717) is 16.6 Å². The molecule has 0 aliphatic carbocycles. The Hall–Kier alpha value is -1.56. The van der Waals surface area contributed by atoms with Gasteiger partial charge >= 0.3 is 0 Å². The van der Waals surface area contributed by atoms with Crippen LogP contribution in [-0.2, 0) is 4.79 Å². The van der Waals surface area contributed by atoms with Crippen LogP contribution in [0.1, 0.15) is 18.4 Å². The molecule has 0 aliphatic rings. The molecule has 0 aliphatic heterocycles. The van der Waals surface area contributed by atoms with Gasteiger partial charge in [-0.1, -0.05) is 40.6 Å². The number of nitrogens with one attached hydrogen (secondary N) is 1. The van der Waals surface area contributed by atoms with Gasteiger partial charge in [0.15, 0.2) is 5.13 Å². The molecule has 1 aromatic heterocycles. The van der Waals surface area contributed by atoms with Crippen molar-refractivity contribution in [3.05, 3.63) is 53.1 Å². The van der Waals surface area contributed by atoms with Crippen LogP contribution in [-0.4, -0.2) is 16.6 Å². The fourth-order valence-corrected chi connectivity index (χ4v) is 4.20. The van der Waals surface area contributed by atoms with Crippen LogP contribution < -0.4 is 5.32 Å². The second kappa shape index (κ2) is 8.01. The molecule has 3 aromatic rings. The van der Waals surface area contributed by atoms with Crippen molar-refractivity contribution in [1.29, 1.82) is 0 Å². The number of carbonyl (C=O) groups is 1. The van der Waals surface area contributed by atoms with Gasteiger partial charge in [-0.15, -0.1) is 11.8 Å². The van der Waals surface area contributed by atoms with E-state index in [9.17, 15) is 4.79 Å². The summed E-state index contributed by atoms with van der Waals surface area (Å²) in [6.45, 7) is 2.08. The van der Waals surface area contributed by atoms with Crippen LogP contribution >= 0.6 is 34.7 Å². The summed E-state index contributed by atoms with van der Waals surface area (Å²) in [5.41, 5.74) is 2.12. The molecule has 2 aromatic carbocycles. The van der Waals surface area contributed by atoms with E-state index in [1.807, 2.05) is 12.1 Å². The van der Waals surface area contributed by atoms with Crippen molar-refractivity contribution in [3.63, 3.8) is 0 Å². The Bertz CT molecular complexity index is 846. The number of rotatable bonds is 6. The molecule has 0 fully saturated rings. The van der Waals surface area contributed by atoms with Crippen molar-refractivity contribution >= 4 is 56.0 Å². The van der Waals surface area contributed by atoms with Gasteiger partial charge in [0.05, 0.1) is 10.2 Å². The number of amides is 1. The van der Waals surface area contributed by atoms with E-state index in [4.69, 9.17) is 11.6 Å². The predicted octanol–water partition coefficient (Wildman–Crippen LogP) is 5.77. The van der Waals surface area contributed by atoms with E-state index in [1.54, 1.807) is 17.8 Å². The third-order valence-electron chi connectivity index (χ3n) is 3.43. The van der Waals surface area contributed by atoms with Gasteiger partial charge in [-0.25, -0.2) is 4.98 Å². The van der Waals surface area contributed by atoms with Gasteiger partial charge in [0, 0.05) is 16.3 Å². The highest BCUT2D eigenvalue weighted by molar-refractivity contribution is 7.99. The second-order valence-corrected chi connectivity index (χ2v) is 8.08. The maximum Gasteiger partial charge on any atom is 0.226 e. The fraction of sp³-hybridized carbons (Fsp3) is 0.222. The summed E-state index contributed by atoms with van der Waals surface area (Å²) in [6.07, 6.45) is 1.33. The zero-order valence-corrected chi connectivity index (χ0v) is 15.6. The highest BCUT2D eigenvalue weighted by Gasteiger charge is 2.08. The number of aromatic nitrogens is 1. The monoisotopic (exact) mass is 376 g/mol. The molecule has 0 spiro atoms. The topological polar surface area (TPSA) is 42.0 Å². The number of anilines is 1. The summed E-state index contributed by atoms with van der Waals surface area (Å²) in [5.74, 6) is 0.927. The number of benzene rings is 2. The Labute approximate surface area is 154 Å². The third kappa shape index (κ3) is 4.72. The van der Waals surface area contributed by atoms with Gasteiger partial charge in [-0.2, -0.15) is 0 Å². The normalized spacial score (nSPS) is 10.9. The van der Waals surface area contributed by atoms with Crippen molar-refractivity contribution in [2.75, 3.05) is 11.1 Å². The number of carbonyl (C=O) groups excluding carboxylic acids is 1. The zero-order chi connectivity index (χ0) is 16.9. The van der Waals surface area contributed by atoms with Crippen molar-refractivity contribution in [2.24, 2.45) is 0 Å². The number of hydrogen-bond acceptors (Lipinski definition) is 4. The van der Waals surface area contributed by atoms with Crippen LogP contribution in [0.3, 0.4) is 0 Å². The number of fused-ring (bicyclic) bond motifs is 1. The fourth-order valence-electron chi connectivity index (χ4n) is 2.19. The van der Waals surface area contributed by atoms with Gasteiger partial charge in [-0.05, 0) is 49.4 Å². The van der Waals surface area contributed by atoms with Crippen LogP contribution in [0.2, 0.25) is 5.02 Å². The molecule has 124 valence electrons. The van der Waals surface area contributed by atoms with E-state index < -0.39 is 0 Å². The van der Waals surface area contributed by atoms with Crippen molar-refractivity contribution in [3.8, 4) is 0 Å². The molecule has 6 heteroatoms. The largest absolute Gasteiger partial charge is 0.302 e. The van der Waals surface area contributed by atoms with Crippen molar-refractivity contribution in [2.45, 2.75) is 24.7 Å². The molecule has 0 saturated carbocycles. The molecule has 3 rings (SSSR count). The Morgan fingerprint density at radius 2 is 2.04 bits per heavy atom. The smallest absolute Gasteiger partial charge is 0.226 e. The standard InChI is InChI=1S/C18H17ClN2OS2/c1-12-4-7-14(8-5-12)23-10-2-3-17(22)21-18-20-15-9-6-13(19)11-16(15)24-18/h4-9,11H,2-3,10H2,1H3,(H,20,21,22). The first-order valence-electron chi connectivity index (χ1n) is 7.65. The Kier molecular flexibility index (Phi) is 5.76. The summed E-state index contributed by atoms with van der Waals surface area (Å²) in [6, 6.07) is 14.0. The average molecular weight is 377 g/mol. The predicted molar refractivity (Wildman–Crippen MR) is 104 cm³/mol. The van der Waals surface area contributed by atoms with Gasteiger partial charge in [0.25, 0.3) is 0 Å². The highest BCUT2D eigenvalue weighted by atomic mass is 35.5. The number of thioether (sulfide) groups is 1. The molecule has 3 nitrogen and oxygen atoms in total. The summed E-state index contributed by atoms with van der Waals surface area (Å²) in [7, 11) is 0. The summed E-state index contributed by atoms with van der Waals surface area (Å²) in [5, 5.41) is 4.18. The first kappa shape index (κ1) is 17.3. The van der Waals surface area contributed by atoms with Gasteiger partial charge in [0.2, 0.25) is 5.91 Å². The van der Waals surface area contributed by atoms with E-state index in [2.05, 4.69) is 41.5 Å². The lowest BCUT2D eigenvalue weighted by molar-refractivity contribution is -0.116. The van der Waals surface area contributed by atoms with Crippen LogP contribution in [0.15, 0.2) is 47.4 Å². The third-order valence-corrected chi connectivity index (χ3v) is 5.70. The van der Waals surface area contributed by atoms with Gasteiger partial charge in [-0.3, -0.25) is 4.79 Å². The molecule has 0 radical (unpaired) electrons. The van der Waals surface area contributed by atoms with Gasteiger partial charge in [0.1, 0.15) is 0 Å². The molecule has 0 saturated heterocycles. The van der Waals surface area contributed by atoms with Gasteiger partial charge < -0.3 is 5.32 Å². The Balaban J connectivity index is 1.45. The summed E-state index contributed by atoms with van der Waals surface area (Å²) < 4.78 is 0.979. The average Bonchev–Trinajstić information content (AvgIpc) is 2.94. The highest BCUT2D eigenvalue weighted by Crippen LogP contribution is 2.28. The van der Waals surface area contributed by atoms with Crippen LogP contribution in [0.4, 0.5) is 5.13 Å². The van der Waals surface area contributed by atoms with Crippen LogP contribution in [0, 0.1) is 6.92 Å². The minimum absolute atomic E-state index is 0.00431. The zero-order valence-electron chi connectivity index (χ0n) is 13.2. The summed E-state index contributed by atoms with van der Waals surface area (Å²) in [4.78, 5) is 17.7. The lowest BCUT2D eigenvalue weighted by Gasteiger charge is -2.03. The van der Waals surface area contributed by atoms with Crippen molar-refractivity contribution in [1.82, 2.24) is 4.98 Å². The number of halogens is 1. The molecule has 0 unspecified atom stereocenters. The minimum atomic E-state index is 0.00431. The second-order valence-electron chi connectivity index (χ2n) is 5.44. The number of hydrogen-bond donors (Lipinski definition) is 1. The maximum atomic E-state index is 12.0. The van der Waals surface area contributed by atoms with Crippen LogP contribution in [0.5, 0.6) is 0 Å². The quantitative estimate of drug-likeness (QED) is 0.438. The number of nitrogens with zero attached hydrogens (tertiary/aromatic N) is 1. The Morgan fingerprint density at radius 1 is 1.25 bits per heavy atom. The molecule has 0 atom stereocenters. The first-order valence-corrected chi connectivity index (χ1v) is 9.83. The molecule has 1 heterocycles. The molecule has 0 bridgehead atoms. The molecule has 1 N–H and O–H groups in total.